The van der Waals surface area contributed by atoms with Crippen molar-refractivity contribution in [3.8, 4) is 0 Å². The molecule has 2 rings (SSSR count). The maximum absolute atomic E-state index is 12.3. The number of carboxylic acids is 1. The molecule has 0 fully saturated rings. The molecule has 0 aliphatic carbocycles. The highest BCUT2D eigenvalue weighted by molar-refractivity contribution is 14.1. The van der Waals surface area contributed by atoms with Gasteiger partial charge in [-0.3, -0.25) is 9.59 Å². The van der Waals surface area contributed by atoms with E-state index >= 15 is 0 Å². The number of anilines is 1. The monoisotopic (exact) mass is 452 g/mol. The summed E-state index contributed by atoms with van der Waals surface area (Å²) in [6, 6.07) is 12.7. The third kappa shape index (κ3) is 5.86. The number of halogens is 1. The van der Waals surface area contributed by atoms with Crippen LogP contribution >= 0.6 is 22.6 Å². The summed E-state index contributed by atoms with van der Waals surface area (Å²) in [5, 5.41) is 14.5. The van der Waals surface area contributed by atoms with E-state index < -0.39 is 17.9 Å². The van der Waals surface area contributed by atoms with Crippen LogP contribution in [-0.2, 0) is 16.0 Å². The lowest BCUT2D eigenvalue weighted by atomic mass is 10.1. The summed E-state index contributed by atoms with van der Waals surface area (Å²) in [4.78, 5) is 34.7. The molecular formula is C18H17IN2O4. The van der Waals surface area contributed by atoms with Crippen LogP contribution in [0.2, 0.25) is 0 Å². The Morgan fingerprint density at radius 2 is 1.64 bits per heavy atom. The van der Waals surface area contributed by atoms with Crippen molar-refractivity contribution in [3.05, 3.63) is 63.2 Å². The van der Waals surface area contributed by atoms with Gasteiger partial charge in [0.2, 0.25) is 5.91 Å². The van der Waals surface area contributed by atoms with Gasteiger partial charge in [-0.25, -0.2) is 4.79 Å². The number of benzene rings is 2. The molecule has 0 aliphatic heterocycles. The van der Waals surface area contributed by atoms with Crippen LogP contribution in [0.15, 0.2) is 48.5 Å². The first-order chi connectivity index (χ1) is 11.8. The van der Waals surface area contributed by atoms with Crippen LogP contribution in [0.1, 0.15) is 22.8 Å². The summed E-state index contributed by atoms with van der Waals surface area (Å²) in [6.07, 6.45) is 0.196. The Bertz CT molecular complexity index is 773. The van der Waals surface area contributed by atoms with Gasteiger partial charge in [-0.1, -0.05) is 12.1 Å². The van der Waals surface area contributed by atoms with Gasteiger partial charge in [0, 0.05) is 28.2 Å². The van der Waals surface area contributed by atoms with Crippen molar-refractivity contribution in [2.45, 2.75) is 19.4 Å². The topological polar surface area (TPSA) is 95.5 Å². The summed E-state index contributed by atoms with van der Waals surface area (Å²) in [6.45, 7) is 1.39. The van der Waals surface area contributed by atoms with Crippen molar-refractivity contribution in [1.82, 2.24) is 5.32 Å². The van der Waals surface area contributed by atoms with Crippen LogP contribution in [0.3, 0.4) is 0 Å². The van der Waals surface area contributed by atoms with Crippen LogP contribution < -0.4 is 10.6 Å². The number of carboxylic acid groups (broad SMARTS) is 1. The molecule has 0 bridgehead atoms. The zero-order valence-corrected chi connectivity index (χ0v) is 15.6. The number of hydrogen-bond donors (Lipinski definition) is 3. The highest BCUT2D eigenvalue weighted by Crippen LogP contribution is 2.12. The Morgan fingerprint density at radius 3 is 2.16 bits per heavy atom. The zero-order chi connectivity index (χ0) is 18.4. The molecule has 3 N–H and O–H groups in total. The largest absolute Gasteiger partial charge is 0.480 e. The van der Waals surface area contributed by atoms with Crippen LogP contribution in [0.4, 0.5) is 5.69 Å². The molecule has 0 saturated heterocycles. The van der Waals surface area contributed by atoms with Gasteiger partial charge in [0.1, 0.15) is 6.04 Å². The van der Waals surface area contributed by atoms with Crippen molar-refractivity contribution >= 4 is 46.1 Å². The molecule has 130 valence electrons. The third-order valence-electron chi connectivity index (χ3n) is 3.42. The maximum atomic E-state index is 12.3. The molecule has 0 aromatic heterocycles. The van der Waals surface area contributed by atoms with Gasteiger partial charge in [-0.2, -0.15) is 0 Å². The summed E-state index contributed by atoms with van der Waals surface area (Å²) in [5.74, 6) is -1.78. The summed E-state index contributed by atoms with van der Waals surface area (Å²) < 4.78 is 1.05. The fraction of sp³-hybridized carbons (Fsp3) is 0.167. The molecule has 2 amide bonds. The maximum Gasteiger partial charge on any atom is 0.326 e. The number of nitrogens with one attached hydrogen (secondary N) is 2. The van der Waals surface area contributed by atoms with E-state index in [2.05, 4.69) is 33.2 Å². The minimum atomic E-state index is -1.10. The Kier molecular flexibility index (Phi) is 6.51. The fourth-order valence-electron chi connectivity index (χ4n) is 2.21. The van der Waals surface area contributed by atoms with Gasteiger partial charge >= 0.3 is 5.97 Å². The lowest BCUT2D eigenvalue weighted by Gasteiger charge is -2.15. The SMILES string of the molecule is CC(=O)Nc1ccc(C(=O)N[C@@H](Cc2ccc(I)cc2)C(=O)O)cc1. The first-order valence-electron chi connectivity index (χ1n) is 7.51. The molecule has 0 saturated carbocycles. The molecular weight excluding hydrogens is 435 g/mol. The van der Waals surface area contributed by atoms with Gasteiger partial charge < -0.3 is 15.7 Å². The number of carbonyl (C=O) groups is 3. The Labute approximate surface area is 158 Å². The molecule has 2 aromatic carbocycles. The Morgan fingerprint density at radius 1 is 1.04 bits per heavy atom. The summed E-state index contributed by atoms with van der Waals surface area (Å²) in [5.41, 5.74) is 1.72. The van der Waals surface area contributed by atoms with Crippen LogP contribution in [-0.4, -0.2) is 28.9 Å². The lowest BCUT2D eigenvalue weighted by molar-refractivity contribution is -0.139. The number of carbonyl (C=O) groups excluding carboxylic acids is 2. The average Bonchev–Trinajstić information content (AvgIpc) is 2.56. The lowest BCUT2D eigenvalue weighted by Crippen LogP contribution is -2.42. The number of aliphatic carboxylic acids is 1. The molecule has 0 radical (unpaired) electrons. The molecule has 2 aromatic rings. The average molecular weight is 452 g/mol. The van der Waals surface area contributed by atoms with Crippen molar-refractivity contribution in [2.24, 2.45) is 0 Å². The molecule has 0 spiro atoms. The second-order valence-electron chi connectivity index (χ2n) is 5.45. The van der Waals surface area contributed by atoms with E-state index in [0.717, 1.165) is 9.13 Å². The van der Waals surface area contributed by atoms with Gasteiger partial charge in [-0.05, 0) is 64.6 Å². The van der Waals surface area contributed by atoms with Gasteiger partial charge in [-0.15, -0.1) is 0 Å². The van der Waals surface area contributed by atoms with Crippen molar-refractivity contribution in [2.75, 3.05) is 5.32 Å². The standard InChI is InChI=1S/C18H17IN2O4/c1-11(22)20-15-8-4-13(5-9-15)17(23)21-16(18(24)25)10-12-2-6-14(19)7-3-12/h2-9,16H,10H2,1H3,(H,20,22)(H,21,23)(H,24,25)/t16-/m0/s1. The van der Waals surface area contributed by atoms with Crippen molar-refractivity contribution in [1.29, 1.82) is 0 Å². The van der Waals surface area contributed by atoms with Gasteiger partial charge in [0.15, 0.2) is 0 Å². The minimum absolute atomic E-state index is 0.196. The first kappa shape index (κ1) is 18.9. The second kappa shape index (κ2) is 8.61. The first-order valence-corrected chi connectivity index (χ1v) is 8.59. The predicted octanol–water partition coefficient (Wildman–Crippen LogP) is 2.68. The van der Waals surface area contributed by atoms with Crippen molar-refractivity contribution in [3.63, 3.8) is 0 Å². The summed E-state index contributed by atoms with van der Waals surface area (Å²) >= 11 is 2.17. The molecule has 6 nitrogen and oxygen atoms in total. The molecule has 0 unspecified atom stereocenters. The molecule has 25 heavy (non-hydrogen) atoms. The fourth-order valence-corrected chi connectivity index (χ4v) is 2.57. The van der Waals surface area contributed by atoms with Crippen molar-refractivity contribution < 1.29 is 19.5 Å². The van der Waals surface area contributed by atoms with E-state index in [1.807, 2.05) is 24.3 Å². The Balaban J connectivity index is 2.05. The molecule has 7 heteroatoms. The van der Waals surface area contributed by atoms with Gasteiger partial charge in [0.25, 0.3) is 5.91 Å². The molecule has 0 heterocycles. The molecule has 0 aliphatic rings. The quantitative estimate of drug-likeness (QED) is 0.588. The van der Waals surface area contributed by atoms with E-state index in [1.165, 1.54) is 19.1 Å². The van der Waals surface area contributed by atoms with Crippen LogP contribution in [0.5, 0.6) is 0 Å². The van der Waals surface area contributed by atoms with E-state index in [-0.39, 0.29) is 12.3 Å². The van der Waals surface area contributed by atoms with E-state index in [9.17, 15) is 19.5 Å². The highest BCUT2D eigenvalue weighted by Gasteiger charge is 2.21. The third-order valence-corrected chi connectivity index (χ3v) is 4.14. The normalized spacial score (nSPS) is 11.4. The number of rotatable bonds is 6. The smallest absolute Gasteiger partial charge is 0.326 e. The van der Waals surface area contributed by atoms with E-state index in [0.29, 0.717) is 11.3 Å². The van der Waals surface area contributed by atoms with E-state index in [4.69, 9.17) is 0 Å². The predicted molar refractivity (Wildman–Crippen MR) is 102 cm³/mol. The Hall–Kier alpha value is -2.42. The van der Waals surface area contributed by atoms with Crippen LogP contribution in [0.25, 0.3) is 0 Å². The van der Waals surface area contributed by atoms with Gasteiger partial charge in [0.05, 0.1) is 0 Å². The number of amides is 2. The number of hydrogen-bond acceptors (Lipinski definition) is 3. The highest BCUT2D eigenvalue weighted by atomic mass is 127. The molecule has 1 atom stereocenters. The van der Waals surface area contributed by atoms with Crippen LogP contribution in [0, 0.1) is 3.57 Å². The summed E-state index contributed by atoms with van der Waals surface area (Å²) in [7, 11) is 0. The second-order valence-corrected chi connectivity index (χ2v) is 6.70. The zero-order valence-electron chi connectivity index (χ0n) is 13.5. The van der Waals surface area contributed by atoms with E-state index in [1.54, 1.807) is 12.1 Å². The minimum Gasteiger partial charge on any atom is -0.480 e.